The molecule has 0 aliphatic carbocycles. The Morgan fingerprint density at radius 3 is 2.56 bits per heavy atom. The van der Waals surface area contributed by atoms with Crippen LogP contribution in [0.1, 0.15) is 6.42 Å². The van der Waals surface area contributed by atoms with E-state index in [-0.39, 0.29) is 0 Å². The van der Waals surface area contributed by atoms with Gasteiger partial charge in [-0.25, -0.2) is 4.79 Å². The first-order valence-electron chi connectivity index (χ1n) is 5.27. The normalized spacial score (nSPS) is 11.7. The molecule has 0 saturated carbocycles. The highest BCUT2D eigenvalue weighted by atomic mass is 16.5. The molecule has 0 saturated heterocycles. The second-order valence-corrected chi connectivity index (χ2v) is 3.76. The molecule has 2 N–H and O–H groups in total. The minimum atomic E-state index is -1.18. The van der Waals surface area contributed by atoms with Crippen LogP contribution in [0.4, 0.5) is 5.69 Å². The zero-order valence-corrected chi connectivity index (χ0v) is 10.2. The number of rotatable bonds is 6. The summed E-state index contributed by atoms with van der Waals surface area (Å²) < 4.78 is 5.04. The van der Waals surface area contributed by atoms with Gasteiger partial charge in [0.05, 0.1) is 13.5 Å². The fourth-order valence-electron chi connectivity index (χ4n) is 1.57. The van der Waals surface area contributed by atoms with Crippen LogP contribution in [-0.2, 0) is 9.59 Å². The van der Waals surface area contributed by atoms with Crippen LogP contribution in [0.3, 0.4) is 0 Å². The summed E-state index contributed by atoms with van der Waals surface area (Å²) in [5.41, 5.74) is 0.586. The molecule has 0 amide bonds. The molecule has 0 aliphatic rings. The molecule has 6 heteroatoms. The first-order valence-corrected chi connectivity index (χ1v) is 5.27. The zero-order chi connectivity index (χ0) is 13.7. The molecule has 1 aromatic carbocycles. The lowest BCUT2D eigenvalue weighted by Crippen LogP contribution is -2.40. The summed E-state index contributed by atoms with van der Waals surface area (Å²) in [6.45, 7) is 0. The fraction of sp³-hybridized carbons (Fsp3) is 0.333. The maximum atomic E-state index is 11.1. The van der Waals surface area contributed by atoms with E-state index in [1.165, 1.54) is 19.1 Å². The second-order valence-electron chi connectivity index (χ2n) is 3.76. The van der Waals surface area contributed by atoms with Gasteiger partial charge in [0.2, 0.25) is 0 Å². The van der Waals surface area contributed by atoms with Crippen LogP contribution in [0.5, 0.6) is 5.75 Å². The molecule has 0 spiro atoms. The summed E-state index contributed by atoms with van der Waals surface area (Å²) in [6.07, 6.45) is -0.469. The molecule has 1 atom stereocenters. The summed E-state index contributed by atoms with van der Waals surface area (Å²) >= 11 is 0. The van der Waals surface area contributed by atoms with Crippen LogP contribution >= 0.6 is 0 Å². The van der Waals surface area contributed by atoms with Crippen molar-refractivity contribution in [2.75, 3.05) is 19.1 Å². The van der Waals surface area contributed by atoms with E-state index in [0.717, 1.165) is 0 Å². The minimum absolute atomic E-state index is 0.469. The molecule has 18 heavy (non-hydrogen) atoms. The van der Waals surface area contributed by atoms with Gasteiger partial charge in [0.15, 0.2) is 0 Å². The third-order valence-electron chi connectivity index (χ3n) is 2.58. The van der Waals surface area contributed by atoms with Crippen molar-refractivity contribution < 1.29 is 24.5 Å². The Morgan fingerprint density at radius 1 is 1.39 bits per heavy atom. The van der Waals surface area contributed by atoms with Gasteiger partial charge in [-0.3, -0.25) is 4.79 Å². The van der Waals surface area contributed by atoms with Crippen LogP contribution in [0.15, 0.2) is 24.3 Å². The number of methoxy groups -OCH3 is 1. The van der Waals surface area contributed by atoms with Gasteiger partial charge in [0.25, 0.3) is 0 Å². The third-order valence-corrected chi connectivity index (χ3v) is 2.58. The third kappa shape index (κ3) is 3.38. The molecule has 1 rings (SSSR count). The summed E-state index contributed by atoms with van der Waals surface area (Å²) in [7, 11) is 3.04. The van der Waals surface area contributed by atoms with Crippen molar-refractivity contribution in [1.82, 2.24) is 0 Å². The Labute approximate surface area is 104 Å². The molecule has 0 heterocycles. The SMILES string of the molecule is COc1cccc(N(C)C(CC(=O)O)C(=O)O)c1. The van der Waals surface area contributed by atoms with Crippen LogP contribution in [0, 0.1) is 0 Å². The van der Waals surface area contributed by atoms with E-state index >= 15 is 0 Å². The van der Waals surface area contributed by atoms with Crippen molar-refractivity contribution in [2.24, 2.45) is 0 Å². The maximum Gasteiger partial charge on any atom is 0.326 e. The number of hydrogen-bond donors (Lipinski definition) is 2. The molecule has 0 bridgehead atoms. The number of hydrogen-bond acceptors (Lipinski definition) is 4. The lowest BCUT2D eigenvalue weighted by molar-refractivity contribution is -0.145. The number of likely N-dealkylation sites (N-methyl/N-ethyl adjacent to an activating group) is 1. The number of nitrogens with zero attached hydrogens (tertiary/aromatic N) is 1. The molecule has 1 aromatic rings. The Bertz CT molecular complexity index is 446. The highest BCUT2D eigenvalue weighted by Gasteiger charge is 2.26. The number of carboxylic acid groups (broad SMARTS) is 2. The van der Waals surface area contributed by atoms with Crippen LogP contribution in [0.2, 0.25) is 0 Å². The van der Waals surface area contributed by atoms with Gasteiger partial charge in [-0.2, -0.15) is 0 Å². The topological polar surface area (TPSA) is 87.1 Å². The quantitative estimate of drug-likeness (QED) is 0.788. The Balaban J connectivity index is 2.97. The maximum absolute atomic E-state index is 11.1. The predicted molar refractivity (Wildman–Crippen MR) is 65.1 cm³/mol. The predicted octanol–water partition coefficient (Wildman–Crippen LogP) is 1.06. The molecule has 0 aliphatic heterocycles. The van der Waals surface area contributed by atoms with Gasteiger partial charge in [-0.05, 0) is 12.1 Å². The van der Waals surface area contributed by atoms with Crippen molar-refractivity contribution in [1.29, 1.82) is 0 Å². The fourth-order valence-corrected chi connectivity index (χ4v) is 1.57. The highest BCUT2D eigenvalue weighted by Crippen LogP contribution is 2.22. The standard InChI is InChI=1S/C12H15NO5/c1-13(10(12(16)17)7-11(14)15)8-4-3-5-9(6-8)18-2/h3-6,10H,7H2,1-2H3,(H,14,15)(H,16,17). The van der Waals surface area contributed by atoms with E-state index in [2.05, 4.69) is 0 Å². The van der Waals surface area contributed by atoms with Crippen molar-refractivity contribution in [3.63, 3.8) is 0 Å². The number of ether oxygens (including phenoxy) is 1. The smallest absolute Gasteiger partial charge is 0.326 e. The first-order chi connectivity index (χ1) is 8.45. The molecule has 0 fully saturated rings. The van der Waals surface area contributed by atoms with Gasteiger partial charge in [0.1, 0.15) is 11.8 Å². The van der Waals surface area contributed by atoms with E-state index < -0.39 is 24.4 Å². The zero-order valence-electron chi connectivity index (χ0n) is 10.2. The van der Waals surface area contributed by atoms with E-state index in [1.54, 1.807) is 24.3 Å². The average molecular weight is 253 g/mol. The molecular weight excluding hydrogens is 238 g/mol. The monoisotopic (exact) mass is 253 g/mol. The van der Waals surface area contributed by atoms with Crippen LogP contribution in [-0.4, -0.2) is 42.4 Å². The van der Waals surface area contributed by atoms with Crippen molar-refractivity contribution in [3.8, 4) is 5.75 Å². The van der Waals surface area contributed by atoms with Crippen LogP contribution in [0.25, 0.3) is 0 Å². The largest absolute Gasteiger partial charge is 0.497 e. The van der Waals surface area contributed by atoms with Crippen LogP contribution < -0.4 is 9.64 Å². The summed E-state index contributed by atoms with van der Waals surface area (Å²) in [4.78, 5) is 23.1. The summed E-state index contributed by atoms with van der Waals surface area (Å²) in [5.74, 6) is -1.75. The lowest BCUT2D eigenvalue weighted by Gasteiger charge is -2.25. The van der Waals surface area contributed by atoms with E-state index in [0.29, 0.717) is 11.4 Å². The van der Waals surface area contributed by atoms with Gasteiger partial charge in [0, 0.05) is 18.8 Å². The molecule has 1 unspecified atom stereocenters. The van der Waals surface area contributed by atoms with E-state index in [1.807, 2.05) is 0 Å². The summed E-state index contributed by atoms with van der Waals surface area (Å²) in [6, 6.07) is 5.67. The summed E-state index contributed by atoms with van der Waals surface area (Å²) in [5, 5.41) is 17.8. The number of anilines is 1. The Kier molecular flexibility index (Phi) is 4.53. The number of benzene rings is 1. The number of aliphatic carboxylic acids is 2. The second kappa shape index (κ2) is 5.90. The average Bonchev–Trinajstić information content (AvgIpc) is 2.34. The van der Waals surface area contributed by atoms with E-state index in [9.17, 15) is 9.59 Å². The van der Waals surface area contributed by atoms with Gasteiger partial charge >= 0.3 is 11.9 Å². The Hall–Kier alpha value is -2.24. The number of carboxylic acids is 2. The molecular formula is C12H15NO5. The van der Waals surface area contributed by atoms with Gasteiger partial charge in [-0.15, -0.1) is 0 Å². The van der Waals surface area contributed by atoms with Crippen molar-refractivity contribution >= 4 is 17.6 Å². The van der Waals surface area contributed by atoms with Crippen molar-refractivity contribution in [3.05, 3.63) is 24.3 Å². The first kappa shape index (κ1) is 13.8. The highest BCUT2D eigenvalue weighted by molar-refractivity contribution is 5.84. The van der Waals surface area contributed by atoms with Crippen molar-refractivity contribution in [2.45, 2.75) is 12.5 Å². The Morgan fingerprint density at radius 2 is 2.06 bits per heavy atom. The lowest BCUT2D eigenvalue weighted by atomic mass is 10.1. The minimum Gasteiger partial charge on any atom is -0.497 e. The molecule has 0 radical (unpaired) electrons. The van der Waals surface area contributed by atoms with Gasteiger partial charge in [-0.1, -0.05) is 6.07 Å². The van der Waals surface area contributed by atoms with E-state index in [4.69, 9.17) is 14.9 Å². The number of carbonyl (C=O) groups is 2. The van der Waals surface area contributed by atoms with Gasteiger partial charge < -0.3 is 19.8 Å². The molecule has 0 aromatic heterocycles. The molecule has 6 nitrogen and oxygen atoms in total. The molecule has 98 valence electrons.